The van der Waals surface area contributed by atoms with Crippen LogP contribution < -0.4 is 10.6 Å². The Morgan fingerprint density at radius 1 is 1.59 bits per heavy atom. The maximum absolute atomic E-state index is 13.7. The van der Waals surface area contributed by atoms with E-state index in [-0.39, 0.29) is 17.8 Å². The molecule has 6 heteroatoms. The summed E-state index contributed by atoms with van der Waals surface area (Å²) in [4.78, 5) is 18.7. The maximum Gasteiger partial charge on any atom is 0.220 e. The number of hydrogen-bond acceptors (Lipinski definition) is 4. The lowest BCUT2D eigenvalue weighted by Gasteiger charge is -2.12. The molecule has 1 aromatic heterocycles. The van der Waals surface area contributed by atoms with Gasteiger partial charge in [0.2, 0.25) is 5.91 Å². The number of rotatable bonds is 4. The van der Waals surface area contributed by atoms with Crippen LogP contribution in [0, 0.1) is 5.82 Å². The molecule has 92 valence electrons. The first-order chi connectivity index (χ1) is 8.20. The van der Waals surface area contributed by atoms with Gasteiger partial charge in [0.25, 0.3) is 0 Å². The first kappa shape index (κ1) is 11.8. The van der Waals surface area contributed by atoms with Crippen molar-refractivity contribution in [3.05, 3.63) is 17.8 Å². The Hall–Kier alpha value is -1.72. The van der Waals surface area contributed by atoms with Crippen LogP contribution in [0.4, 0.5) is 10.2 Å². The van der Waals surface area contributed by atoms with Crippen molar-refractivity contribution in [3.63, 3.8) is 0 Å². The highest BCUT2D eigenvalue weighted by Gasteiger charge is 2.21. The van der Waals surface area contributed by atoms with Gasteiger partial charge < -0.3 is 10.6 Å². The Kier molecular flexibility index (Phi) is 3.51. The molecule has 2 rings (SSSR count). The van der Waals surface area contributed by atoms with E-state index in [9.17, 15) is 9.18 Å². The lowest BCUT2D eigenvalue weighted by Crippen LogP contribution is -2.32. The minimum atomic E-state index is -0.403. The monoisotopic (exact) mass is 238 g/mol. The molecule has 1 fully saturated rings. The van der Waals surface area contributed by atoms with E-state index in [4.69, 9.17) is 0 Å². The fourth-order valence-electron chi connectivity index (χ4n) is 1.83. The highest BCUT2D eigenvalue weighted by molar-refractivity contribution is 5.78. The smallest absolute Gasteiger partial charge is 0.220 e. The normalized spacial score (nSPS) is 19.2. The summed E-state index contributed by atoms with van der Waals surface area (Å²) in [7, 11) is 0. The van der Waals surface area contributed by atoms with Gasteiger partial charge in [-0.3, -0.25) is 4.79 Å². The van der Waals surface area contributed by atoms with Crippen molar-refractivity contribution < 1.29 is 9.18 Å². The zero-order valence-electron chi connectivity index (χ0n) is 9.66. The molecule has 0 saturated carbocycles. The molecule has 1 aliphatic rings. The van der Waals surface area contributed by atoms with Crippen molar-refractivity contribution in [2.24, 2.45) is 0 Å². The number of nitrogens with zero attached hydrogens (tertiary/aromatic N) is 2. The fourth-order valence-corrected chi connectivity index (χ4v) is 1.83. The molecule has 0 aromatic carbocycles. The Labute approximate surface area is 98.8 Å². The first-order valence-electron chi connectivity index (χ1n) is 5.73. The van der Waals surface area contributed by atoms with Gasteiger partial charge in [0.15, 0.2) is 11.6 Å². The molecule has 1 aliphatic heterocycles. The van der Waals surface area contributed by atoms with Crippen LogP contribution >= 0.6 is 0 Å². The van der Waals surface area contributed by atoms with E-state index in [0.717, 1.165) is 6.42 Å². The van der Waals surface area contributed by atoms with Crippen molar-refractivity contribution >= 4 is 11.7 Å². The van der Waals surface area contributed by atoms with Crippen LogP contribution in [0.5, 0.6) is 0 Å². The Morgan fingerprint density at radius 2 is 2.41 bits per heavy atom. The van der Waals surface area contributed by atoms with Crippen molar-refractivity contribution in [3.8, 4) is 0 Å². The molecule has 17 heavy (non-hydrogen) atoms. The van der Waals surface area contributed by atoms with Crippen LogP contribution in [0.2, 0.25) is 0 Å². The first-order valence-corrected chi connectivity index (χ1v) is 5.73. The van der Waals surface area contributed by atoms with Crippen molar-refractivity contribution in [1.82, 2.24) is 15.3 Å². The molecule has 5 nitrogen and oxygen atoms in total. The van der Waals surface area contributed by atoms with E-state index in [1.165, 1.54) is 6.33 Å². The van der Waals surface area contributed by atoms with Crippen molar-refractivity contribution in [2.45, 2.75) is 32.2 Å². The molecule has 1 unspecified atom stereocenters. The zero-order valence-corrected chi connectivity index (χ0v) is 9.66. The third-order valence-corrected chi connectivity index (χ3v) is 2.80. The molecule has 2 heterocycles. The number of nitrogens with one attached hydrogen (secondary N) is 2. The van der Waals surface area contributed by atoms with Crippen molar-refractivity contribution in [2.75, 3.05) is 11.9 Å². The predicted molar refractivity (Wildman–Crippen MR) is 61.0 cm³/mol. The highest BCUT2D eigenvalue weighted by Crippen LogP contribution is 2.14. The van der Waals surface area contributed by atoms with Gasteiger partial charge in [0.1, 0.15) is 6.33 Å². The van der Waals surface area contributed by atoms with E-state index in [0.29, 0.717) is 25.1 Å². The van der Waals surface area contributed by atoms with E-state index < -0.39 is 5.82 Å². The molecule has 0 spiro atoms. The third-order valence-electron chi connectivity index (χ3n) is 2.80. The minimum absolute atomic E-state index is 0.0502. The standard InChI is InChI=1S/C11H15FN4O/c1-2-8-10(12)11(15-6-14-8)13-5-7-3-4-9(17)16-7/h6-7H,2-5H2,1H3,(H,16,17)(H,13,14,15). The number of amides is 1. The molecule has 1 saturated heterocycles. The summed E-state index contributed by atoms with van der Waals surface area (Å²) < 4.78 is 13.7. The van der Waals surface area contributed by atoms with Gasteiger partial charge in [-0.15, -0.1) is 0 Å². The molecule has 0 bridgehead atoms. The van der Waals surface area contributed by atoms with Gasteiger partial charge in [-0.25, -0.2) is 14.4 Å². The number of carbonyl (C=O) groups excluding carboxylic acids is 1. The summed E-state index contributed by atoms with van der Waals surface area (Å²) >= 11 is 0. The van der Waals surface area contributed by atoms with Crippen LogP contribution in [-0.2, 0) is 11.2 Å². The number of carbonyl (C=O) groups is 1. The van der Waals surface area contributed by atoms with Gasteiger partial charge in [0.05, 0.1) is 5.69 Å². The average Bonchev–Trinajstić information content (AvgIpc) is 2.74. The van der Waals surface area contributed by atoms with Gasteiger partial charge in [-0.05, 0) is 12.8 Å². The Bertz CT molecular complexity index is 424. The fraction of sp³-hybridized carbons (Fsp3) is 0.545. The molecule has 2 N–H and O–H groups in total. The highest BCUT2D eigenvalue weighted by atomic mass is 19.1. The van der Waals surface area contributed by atoms with E-state index in [1.807, 2.05) is 6.92 Å². The van der Waals surface area contributed by atoms with E-state index in [1.54, 1.807) is 0 Å². The largest absolute Gasteiger partial charge is 0.365 e. The van der Waals surface area contributed by atoms with Gasteiger partial charge in [-0.2, -0.15) is 0 Å². The second-order valence-electron chi connectivity index (χ2n) is 4.02. The number of aromatic nitrogens is 2. The summed E-state index contributed by atoms with van der Waals surface area (Å²) in [6, 6.07) is 0.0574. The zero-order chi connectivity index (χ0) is 12.3. The molecular formula is C11H15FN4O. The topological polar surface area (TPSA) is 66.9 Å². The quantitative estimate of drug-likeness (QED) is 0.816. The summed E-state index contributed by atoms with van der Waals surface area (Å²) in [6.45, 7) is 2.33. The number of aryl methyl sites for hydroxylation is 1. The predicted octanol–water partition coefficient (Wildman–Crippen LogP) is 0.869. The second kappa shape index (κ2) is 5.07. The van der Waals surface area contributed by atoms with Gasteiger partial charge in [-0.1, -0.05) is 6.92 Å². The summed E-state index contributed by atoms with van der Waals surface area (Å²) in [6.07, 6.45) is 3.19. The minimum Gasteiger partial charge on any atom is -0.365 e. The number of halogens is 1. The summed E-state index contributed by atoms with van der Waals surface area (Å²) in [5.74, 6) is -0.147. The summed E-state index contributed by atoms with van der Waals surface area (Å²) in [5, 5.41) is 5.71. The Balaban J connectivity index is 1.97. The van der Waals surface area contributed by atoms with Crippen molar-refractivity contribution in [1.29, 1.82) is 0 Å². The lowest BCUT2D eigenvalue weighted by molar-refractivity contribution is -0.119. The average molecular weight is 238 g/mol. The van der Waals surface area contributed by atoms with E-state index in [2.05, 4.69) is 20.6 Å². The number of anilines is 1. The van der Waals surface area contributed by atoms with Crippen LogP contribution in [0.1, 0.15) is 25.5 Å². The van der Waals surface area contributed by atoms with Crippen LogP contribution in [-0.4, -0.2) is 28.5 Å². The maximum atomic E-state index is 13.7. The lowest BCUT2D eigenvalue weighted by atomic mass is 10.2. The molecule has 1 amide bonds. The number of hydrogen-bond donors (Lipinski definition) is 2. The van der Waals surface area contributed by atoms with Crippen LogP contribution in [0.3, 0.4) is 0 Å². The Morgan fingerprint density at radius 3 is 3.06 bits per heavy atom. The molecule has 1 aromatic rings. The third kappa shape index (κ3) is 2.69. The van der Waals surface area contributed by atoms with Gasteiger partial charge in [0, 0.05) is 19.0 Å². The molecular weight excluding hydrogens is 223 g/mol. The van der Waals surface area contributed by atoms with Gasteiger partial charge >= 0.3 is 0 Å². The second-order valence-corrected chi connectivity index (χ2v) is 4.02. The SMILES string of the molecule is CCc1ncnc(NCC2CCC(=O)N2)c1F. The van der Waals surface area contributed by atoms with Crippen LogP contribution in [0.15, 0.2) is 6.33 Å². The van der Waals surface area contributed by atoms with Crippen LogP contribution in [0.25, 0.3) is 0 Å². The molecule has 1 atom stereocenters. The molecule has 0 aliphatic carbocycles. The van der Waals surface area contributed by atoms with E-state index >= 15 is 0 Å². The summed E-state index contributed by atoms with van der Waals surface area (Å²) in [5.41, 5.74) is 0.401. The molecule has 0 radical (unpaired) electrons.